The molecule has 0 aromatic carbocycles. The second-order valence-electron chi connectivity index (χ2n) is 4.39. The fourth-order valence-corrected chi connectivity index (χ4v) is 2.05. The number of hydrogen-bond acceptors (Lipinski definition) is 4. The first-order chi connectivity index (χ1) is 9.05. The Bertz CT molecular complexity index is 598. The Labute approximate surface area is 112 Å². The van der Waals surface area contributed by atoms with Crippen molar-refractivity contribution in [2.45, 2.75) is 26.8 Å². The molecule has 0 aliphatic carbocycles. The molecule has 0 aliphatic heterocycles. The summed E-state index contributed by atoms with van der Waals surface area (Å²) in [4.78, 5) is 12.2. The van der Waals surface area contributed by atoms with Crippen molar-refractivity contribution in [3.63, 3.8) is 0 Å². The van der Waals surface area contributed by atoms with Crippen molar-refractivity contribution in [3.8, 4) is 5.88 Å². The van der Waals surface area contributed by atoms with Crippen molar-refractivity contribution in [2.75, 3.05) is 7.11 Å². The number of ketones is 1. The standard InChI is InChI=1S/C13H18N4O2/c1-5-17-10(6-9(2)14-17)7-12(18)11-8-13(19-4)16(3)15-11/h6,8H,5,7H2,1-4H3. The molecule has 0 N–H and O–H groups in total. The third-order valence-corrected chi connectivity index (χ3v) is 2.96. The number of rotatable bonds is 5. The quantitative estimate of drug-likeness (QED) is 0.764. The van der Waals surface area contributed by atoms with Crippen LogP contribution in [0.3, 0.4) is 0 Å². The van der Waals surface area contributed by atoms with E-state index in [1.807, 2.05) is 24.6 Å². The minimum Gasteiger partial charge on any atom is -0.481 e. The number of Topliss-reactive ketones (excluding diaryl/α,β-unsaturated/α-hetero) is 1. The maximum atomic E-state index is 12.2. The SMILES string of the molecule is CCn1nc(C)cc1CC(=O)c1cc(OC)n(C)n1. The van der Waals surface area contributed by atoms with Crippen LogP contribution in [0.5, 0.6) is 5.88 Å². The van der Waals surface area contributed by atoms with Crippen molar-refractivity contribution in [1.82, 2.24) is 19.6 Å². The third-order valence-electron chi connectivity index (χ3n) is 2.96. The predicted molar refractivity (Wildman–Crippen MR) is 70.4 cm³/mol. The Hall–Kier alpha value is -2.11. The summed E-state index contributed by atoms with van der Waals surface area (Å²) < 4.78 is 8.50. The van der Waals surface area contributed by atoms with Crippen LogP contribution in [-0.2, 0) is 20.0 Å². The highest BCUT2D eigenvalue weighted by atomic mass is 16.5. The maximum Gasteiger partial charge on any atom is 0.211 e. The van der Waals surface area contributed by atoms with Crippen molar-refractivity contribution < 1.29 is 9.53 Å². The van der Waals surface area contributed by atoms with Gasteiger partial charge in [-0.05, 0) is 19.9 Å². The Morgan fingerprint density at radius 3 is 2.68 bits per heavy atom. The van der Waals surface area contributed by atoms with Gasteiger partial charge in [0.25, 0.3) is 0 Å². The third kappa shape index (κ3) is 2.67. The van der Waals surface area contributed by atoms with Gasteiger partial charge >= 0.3 is 0 Å². The van der Waals surface area contributed by atoms with Gasteiger partial charge in [-0.25, -0.2) is 4.68 Å². The lowest BCUT2D eigenvalue weighted by Crippen LogP contribution is -2.10. The molecular formula is C13H18N4O2. The van der Waals surface area contributed by atoms with Crippen molar-refractivity contribution in [2.24, 2.45) is 7.05 Å². The minimum absolute atomic E-state index is 0.0338. The summed E-state index contributed by atoms with van der Waals surface area (Å²) in [5, 5.41) is 8.48. The van der Waals surface area contributed by atoms with E-state index in [1.54, 1.807) is 24.9 Å². The van der Waals surface area contributed by atoms with Gasteiger partial charge in [-0.2, -0.15) is 10.2 Å². The number of carbonyl (C=O) groups is 1. The monoisotopic (exact) mass is 262 g/mol. The molecule has 0 aliphatic rings. The molecule has 2 aromatic rings. The van der Waals surface area contributed by atoms with E-state index in [2.05, 4.69) is 10.2 Å². The van der Waals surface area contributed by atoms with Crippen LogP contribution in [0.2, 0.25) is 0 Å². The van der Waals surface area contributed by atoms with Gasteiger partial charge in [0.2, 0.25) is 5.88 Å². The zero-order valence-electron chi connectivity index (χ0n) is 11.7. The molecule has 0 spiro atoms. The van der Waals surface area contributed by atoms with Gasteiger partial charge in [0, 0.05) is 25.4 Å². The molecule has 6 nitrogen and oxygen atoms in total. The molecule has 19 heavy (non-hydrogen) atoms. The van der Waals surface area contributed by atoms with Crippen molar-refractivity contribution >= 4 is 5.78 Å². The molecule has 0 saturated carbocycles. The van der Waals surface area contributed by atoms with Gasteiger partial charge in [-0.3, -0.25) is 9.48 Å². The molecule has 2 rings (SSSR count). The molecule has 6 heteroatoms. The van der Waals surface area contributed by atoms with Crippen LogP contribution >= 0.6 is 0 Å². The molecule has 0 unspecified atom stereocenters. The van der Waals surface area contributed by atoms with E-state index >= 15 is 0 Å². The summed E-state index contributed by atoms with van der Waals surface area (Å²) in [7, 11) is 3.30. The summed E-state index contributed by atoms with van der Waals surface area (Å²) in [5.41, 5.74) is 2.25. The average Bonchev–Trinajstić information content (AvgIpc) is 2.92. The zero-order valence-corrected chi connectivity index (χ0v) is 11.7. The highest BCUT2D eigenvalue weighted by molar-refractivity contribution is 5.95. The highest BCUT2D eigenvalue weighted by Gasteiger charge is 2.16. The van der Waals surface area contributed by atoms with E-state index in [9.17, 15) is 4.79 Å². The van der Waals surface area contributed by atoms with Crippen LogP contribution < -0.4 is 4.74 Å². The summed E-state index contributed by atoms with van der Waals surface area (Å²) in [6, 6.07) is 3.59. The van der Waals surface area contributed by atoms with E-state index in [1.165, 1.54) is 0 Å². The molecule has 2 heterocycles. The summed E-state index contributed by atoms with van der Waals surface area (Å²) in [6.07, 6.45) is 0.300. The average molecular weight is 262 g/mol. The first-order valence-corrected chi connectivity index (χ1v) is 6.19. The molecule has 0 radical (unpaired) electrons. The Kier molecular flexibility index (Phi) is 3.69. The summed E-state index contributed by atoms with van der Waals surface area (Å²) in [5.74, 6) is 0.539. The summed E-state index contributed by atoms with van der Waals surface area (Å²) in [6.45, 7) is 4.68. The van der Waals surface area contributed by atoms with Crippen LogP contribution in [0.1, 0.15) is 28.8 Å². The number of hydrogen-bond donors (Lipinski definition) is 0. The van der Waals surface area contributed by atoms with Crippen LogP contribution in [0.25, 0.3) is 0 Å². The number of carbonyl (C=O) groups excluding carboxylic acids is 1. The molecule has 0 amide bonds. The van der Waals surface area contributed by atoms with E-state index in [4.69, 9.17) is 4.74 Å². The highest BCUT2D eigenvalue weighted by Crippen LogP contribution is 2.14. The number of ether oxygens (including phenoxy) is 1. The second-order valence-corrected chi connectivity index (χ2v) is 4.39. The van der Waals surface area contributed by atoms with Crippen LogP contribution in [0.4, 0.5) is 0 Å². The number of aromatic nitrogens is 4. The fraction of sp³-hybridized carbons (Fsp3) is 0.462. The summed E-state index contributed by atoms with van der Waals surface area (Å²) >= 11 is 0. The van der Waals surface area contributed by atoms with E-state index in [-0.39, 0.29) is 5.78 Å². The Balaban J connectivity index is 2.20. The van der Waals surface area contributed by atoms with Crippen LogP contribution in [-0.4, -0.2) is 32.5 Å². The first-order valence-electron chi connectivity index (χ1n) is 6.19. The Morgan fingerprint density at radius 2 is 2.11 bits per heavy atom. The molecular weight excluding hydrogens is 244 g/mol. The first kappa shape index (κ1) is 13.3. The molecule has 0 fully saturated rings. The molecule has 2 aromatic heterocycles. The molecule has 0 bridgehead atoms. The Morgan fingerprint density at radius 1 is 1.37 bits per heavy atom. The maximum absolute atomic E-state index is 12.2. The number of methoxy groups -OCH3 is 1. The van der Waals surface area contributed by atoms with Gasteiger partial charge in [0.15, 0.2) is 5.78 Å². The predicted octanol–water partition coefficient (Wildman–Crippen LogP) is 1.38. The van der Waals surface area contributed by atoms with Crippen molar-refractivity contribution in [3.05, 3.63) is 29.2 Å². The van der Waals surface area contributed by atoms with Crippen LogP contribution in [0, 0.1) is 6.92 Å². The van der Waals surface area contributed by atoms with Gasteiger partial charge in [-0.15, -0.1) is 0 Å². The van der Waals surface area contributed by atoms with E-state index in [0.29, 0.717) is 18.0 Å². The number of nitrogens with zero attached hydrogens (tertiary/aromatic N) is 4. The van der Waals surface area contributed by atoms with Gasteiger partial charge < -0.3 is 4.74 Å². The van der Waals surface area contributed by atoms with Gasteiger partial charge in [0.05, 0.1) is 19.2 Å². The van der Waals surface area contributed by atoms with Gasteiger partial charge in [-0.1, -0.05) is 0 Å². The van der Waals surface area contributed by atoms with Crippen molar-refractivity contribution in [1.29, 1.82) is 0 Å². The molecule has 0 saturated heterocycles. The normalized spacial score (nSPS) is 10.7. The van der Waals surface area contributed by atoms with E-state index < -0.39 is 0 Å². The molecule has 102 valence electrons. The van der Waals surface area contributed by atoms with E-state index in [0.717, 1.165) is 17.9 Å². The zero-order chi connectivity index (χ0) is 14.0. The molecule has 0 atom stereocenters. The fourth-order valence-electron chi connectivity index (χ4n) is 2.05. The topological polar surface area (TPSA) is 61.9 Å². The lowest BCUT2D eigenvalue weighted by molar-refractivity contribution is 0.0985. The lowest BCUT2D eigenvalue weighted by atomic mass is 10.1. The number of aryl methyl sites for hydroxylation is 3. The lowest BCUT2D eigenvalue weighted by Gasteiger charge is -2.02. The minimum atomic E-state index is -0.0338. The largest absolute Gasteiger partial charge is 0.481 e. The van der Waals surface area contributed by atoms with Gasteiger partial charge in [0.1, 0.15) is 5.69 Å². The smallest absolute Gasteiger partial charge is 0.211 e. The second kappa shape index (κ2) is 5.26. The van der Waals surface area contributed by atoms with Crippen LogP contribution in [0.15, 0.2) is 12.1 Å².